The van der Waals surface area contributed by atoms with E-state index in [4.69, 9.17) is 11.6 Å². The van der Waals surface area contributed by atoms with Gasteiger partial charge < -0.3 is 10.6 Å². The Morgan fingerprint density at radius 2 is 1.62 bits per heavy atom. The van der Waals surface area contributed by atoms with Crippen LogP contribution in [0, 0.1) is 19.3 Å². The number of nitrogens with one attached hydrogen (secondary N) is 2. The van der Waals surface area contributed by atoms with Crippen molar-refractivity contribution in [2.24, 2.45) is 5.41 Å². The molecule has 5 heteroatoms. The predicted octanol–water partition coefficient (Wildman–Crippen LogP) is 4.03. The fourth-order valence-electron chi connectivity index (χ4n) is 3.07. The van der Waals surface area contributed by atoms with Crippen LogP contribution in [-0.4, -0.2) is 18.4 Å². The first-order valence-corrected chi connectivity index (χ1v) is 9.20. The van der Waals surface area contributed by atoms with Crippen molar-refractivity contribution >= 4 is 29.1 Å². The lowest BCUT2D eigenvalue weighted by Gasteiger charge is -2.17. The van der Waals surface area contributed by atoms with E-state index < -0.39 is 5.41 Å². The normalized spacial score (nSPS) is 14.6. The van der Waals surface area contributed by atoms with E-state index in [-0.39, 0.29) is 11.8 Å². The highest BCUT2D eigenvalue weighted by Crippen LogP contribution is 2.47. The fourth-order valence-corrected chi connectivity index (χ4v) is 3.19. The molecule has 2 aromatic rings. The molecular weight excluding hydrogens is 348 g/mol. The van der Waals surface area contributed by atoms with E-state index in [1.54, 1.807) is 0 Å². The summed E-state index contributed by atoms with van der Waals surface area (Å²) in [5.74, 6) is -0.394. The third-order valence-corrected chi connectivity index (χ3v) is 5.20. The average Bonchev–Trinajstić information content (AvgIpc) is 3.42. The van der Waals surface area contributed by atoms with Crippen molar-refractivity contribution in [3.8, 4) is 0 Å². The highest BCUT2D eigenvalue weighted by atomic mass is 35.5. The van der Waals surface area contributed by atoms with Crippen LogP contribution in [0.5, 0.6) is 0 Å². The molecule has 0 unspecified atom stereocenters. The van der Waals surface area contributed by atoms with Crippen LogP contribution >= 0.6 is 11.6 Å². The molecule has 2 aromatic carbocycles. The van der Waals surface area contributed by atoms with Crippen LogP contribution in [-0.2, 0) is 16.0 Å². The Morgan fingerprint density at radius 1 is 1.00 bits per heavy atom. The summed E-state index contributed by atoms with van der Waals surface area (Å²) >= 11 is 5.87. The highest BCUT2D eigenvalue weighted by molar-refractivity contribution is 6.30. The second-order valence-corrected chi connectivity index (χ2v) is 7.37. The first-order valence-electron chi connectivity index (χ1n) is 8.83. The Bertz CT molecular complexity index is 806. The molecule has 0 saturated heterocycles. The minimum absolute atomic E-state index is 0.185. The van der Waals surface area contributed by atoms with Crippen LogP contribution in [0.4, 0.5) is 5.69 Å². The van der Waals surface area contributed by atoms with E-state index in [1.807, 2.05) is 56.3 Å². The van der Waals surface area contributed by atoms with Gasteiger partial charge in [0.15, 0.2) is 0 Å². The first kappa shape index (κ1) is 18.5. The number of hydrogen-bond acceptors (Lipinski definition) is 2. The van der Waals surface area contributed by atoms with Crippen molar-refractivity contribution < 1.29 is 9.59 Å². The standard InChI is InChI=1S/C21H23ClN2O2/c1-14-4-3-5-15(2)18(14)24-20(26)21(11-12-21)19(25)23-13-10-16-6-8-17(22)9-7-16/h3-9H,10-13H2,1-2H3,(H,23,25)(H,24,26). The number of para-hydroxylation sites is 1. The lowest BCUT2D eigenvalue weighted by molar-refractivity contribution is -0.134. The molecule has 4 nitrogen and oxygen atoms in total. The summed E-state index contributed by atoms with van der Waals surface area (Å²) in [5.41, 5.74) is 2.97. The zero-order chi connectivity index (χ0) is 18.7. The maximum Gasteiger partial charge on any atom is 0.240 e. The number of rotatable bonds is 6. The second-order valence-electron chi connectivity index (χ2n) is 6.94. The Labute approximate surface area is 158 Å². The van der Waals surface area contributed by atoms with Gasteiger partial charge in [-0.15, -0.1) is 0 Å². The number of benzene rings is 2. The van der Waals surface area contributed by atoms with Crippen LogP contribution in [0.25, 0.3) is 0 Å². The van der Waals surface area contributed by atoms with E-state index in [9.17, 15) is 9.59 Å². The Morgan fingerprint density at radius 3 is 2.19 bits per heavy atom. The third-order valence-electron chi connectivity index (χ3n) is 4.95. The summed E-state index contributed by atoms with van der Waals surface area (Å²) in [6.45, 7) is 4.40. The van der Waals surface area contributed by atoms with E-state index in [2.05, 4.69) is 10.6 Å². The van der Waals surface area contributed by atoms with E-state index >= 15 is 0 Å². The van der Waals surface area contributed by atoms with Crippen molar-refractivity contribution in [3.63, 3.8) is 0 Å². The second kappa shape index (κ2) is 7.50. The topological polar surface area (TPSA) is 58.2 Å². The first-order chi connectivity index (χ1) is 12.4. The van der Waals surface area contributed by atoms with E-state index in [0.717, 1.165) is 22.4 Å². The fraction of sp³-hybridized carbons (Fsp3) is 0.333. The molecule has 2 N–H and O–H groups in total. The van der Waals surface area contributed by atoms with Crippen LogP contribution < -0.4 is 10.6 Å². The van der Waals surface area contributed by atoms with Gasteiger partial charge in [-0.2, -0.15) is 0 Å². The number of halogens is 1. The van der Waals surface area contributed by atoms with Gasteiger partial charge in [0.2, 0.25) is 11.8 Å². The minimum atomic E-state index is -0.922. The number of aryl methyl sites for hydroxylation is 2. The number of amides is 2. The Kier molecular flexibility index (Phi) is 5.33. The molecule has 1 aliphatic rings. The summed E-state index contributed by atoms with van der Waals surface area (Å²) in [6.07, 6.45) is 1.89. The Balaban J connectivity index is 1.58. The van der Waals surface area contributed by atoms with Crippen molar-refractivity contribution in [3.05, 3.63) is 64.2 Å². The molecule has 0 radical (unpaired) electrons. The lowest BCUT2D eigenvalue weighted by atomic mass is 10.0. The number of carbonyl (C=O) groups excluding carboxylic acids is 2. The van der Waals surface area contributed by atoms with Gasteiger partial charge in [-0.05, 0) is 61.9 Å². The quantitative estimate of drug-likeness (QED) is 0.754. The maximum atomic E-state index is 12.7. The van der Waals surface area contributed by atoms with Gasteiger partial charge in [-0.1, -0.05) is 41.9 Å². The molecule has 0 spiro atoms. The molecule has 0 heterocycles. The number of anilines is 1. The number of hydrogen-bond donors (Lipinski definition) is 2. The summed E-state index contributed by atoms with van der Waals surface area (Å²) in [4.78, 5) is 25.3. The zero-order valence-electron chi connectivity index (χ0n) is 15.1. The summed E-state index contributed by atoms with van der Waals surface area (Å²) in [7, 11) is 0. The van der Waals surface area contributed by atoms with Gasteiger partial charge in [0.25, 0.3) is 0 Å². The van der Waals surface area contributed by atoms with E-state index in [1.165, 1.54) is 0 Å². The molecular formula is C21H23ClN2O2. The Hall–Kier alpha value is -2.33. The van der Waals surface area contributed by atoms with Crippen molar-refractivity contribution in [1.82, 2.24) is 5.32 Å². The van der Waals surface area contributed by atoms with Gasteiger partial charge in [0.1, 0.15) is 5.41 Å². The van der Waals surface area contributed by atoms with Gasteiger partial charge in [-0.3, -0.25) is 9.59 Å². The van der Waals surface area contributed by atoms with Crippen molar-refractivity contribution in [2.75, 3.05) is 11.9 Å². The van der Waals surface area contributed by atoms with Crippen molar-refractivity contribution in [1.29, 1.82) is 0 Å². The van der Waals surface area contributed by atoms with E-state index in [0.29, 0.717) is 30.8 Å². The molecule has 136 valence electrons. The molecule has 0 aromatic heterocycles. The molecule has 1 saturated carbocycles. The minimum Gasteiger partial charge on any atom is -0.355 e. The monoisotopic (exact) mass is 370 g/mol. The largest absolute Gasteiger partial charge is 0.355 e. The SMILES string of the molecule is Cc1cccc(C)c1NC(=O)C1(C(=O)NCCc2ccc(Cl)cc2)CC1. The average molecular weight is 371 g/mol. The van der Waals surface area contributed by atoms with Gasteiger partial charge >= 0.3 is 0 Å². The van der Waals surface area contributed by atoms with Crippen LogP contribution in [0.1, 0.15) is 29.5 Å². The van der Waals surface area contributed by atoms with Crippen LogP contribution in [0.15, 0.2) is 42.5 Å². The smallest absolute Gasteiger partial charge is 0.240 e. The number of carbonyl (C=O) groups is 2. The zero-order valence-corrected chi connectivity index (χ0v) is 15.8. The molecule has 3 rings (SSSR count). The molecule has 0 aliphatic heterocycles. The van der Waals surface area contributed by atoms with Crippen molar-refractivity contribution in [2.45, 2.75) is 33.1 Å². The van der Waals surface area contributed by atoms with Gasteiger partial charge in [0.05, 0.1) is 0 Å². The maximum absolute atomic E-state index is 12.7. The summed E-state index contributed by atoms with van der Waals surface area (Å²) in [6, 6.07) is 13.4. The summed E-state index contributed by atoms with van der Waals surface area (Å²) < 4.78 is 0. The molecule has 1 aliphatic carbocycles. The molecule has 2 amide bonds. The third kappa shape index (κ3) is 3.91. The van der Waals surface area contributed by atoms with Gasteiger partial charge in [-0.25, -0.2) is 0 Å². The molecule has 0 bridgehead atoms. The highest BCUT2D eigenvalue weighted by Gasteiger charge is 2.56. The molecule has 26 heavy (non-hydrogen) atoms. The van der Waals surface area contributed by atoms with Crippen LogP contribution in [0.3, 0.4) is 0 Å². The molecule has 1 fully saturated rings. The lowest BCUT2D eigenvalue weighted by Crippen LogP contribution is -2.40. The predicted molar refractivity (Wildman–Crippen MR) is 104 cm³/mol. The summed E-state index contributed by atoms with van der Waals surface area (Å²) in [5, 5.41) is 6.57. The molecule has 0 atom stereocenters. The van der Waals surface area contributed by atoms with Crippen LogP contribution in [0.2, 0.25) is 5.02 Å². The van der Waals surface area contributed by atoms with Gasteiger partial charge in [0, 0.05) is 17.3 Å².